The Hall–Kier alpha value is -1.74. The van der Waals surface area contributed by atoms with Gasteiger partial charge in [0.15, 0.2) is 0 Å². The molecule has 6 heteroatoms. The van der Waals surface area contributed by atoms with E-state index >= 15 is 0 Å². The van der Waals surface area contributed by atoms with Crippen LogP contribution in [0.2, 0.25) is 0 Å². The van der Waals surface area contributed by atoms with Gasteiger partial charge in [-0.2, -0.15) is 5.26 Å². The first-order chi connectivity index (χ1) is 8.56. The number of hydrogen-bond donors (Lipinski definition) is 0. The summed E-state index contributed by atoms with van der Waals surface area (Å²) >= 11 is 0. The van der Waals surface area contributed by atoms with Gasteiger partial charge in [0.05, 0.1) is 21.8 Å². The molecule has 0 aromatic heterocycles. The Morgan fingerprint density at radius 3 is 2.44 bits per heavy atom. The quantitative estimate of drug-likeness (QED) is 0.603. The molecule has 0 heterocycles. The molecule has 1 aromatic rings. The summed E-state index contributed by atoms with van der Waals surface area (Å²) in [7, 11) is -1.19. The lowest BCUT2D eigenvalue weighted by molar-refractivity contribution is -0.384. The third-order valence-electron chi connectivity index (χ3n) is 3.16. The molecular weight excluding hydrogens is 252 g/mol. The van der Waals surface area contributed by atoms with E-state index in [-0.39, 0.29) is 11.1 Å². The Kier molecular flexibility index (Phi) is 3.43. The minimum atomic E-state index is -1.19. The zero-order valence-corrected chi connectivity index (χ0v) is 10.5. The van der Waals surface area contributed by atoms with Crippen molar-refractivity contribution in [3.8, 4) is 6.07 Å². The smallest absolute Gasteiger partial charge is 0.258 e. The van der Waals surface area contributed by atoms with Crippen LogP contribution in [0.5, 0.6) is 0 Å². The normalized spacial score (nSPS) is 17.7. The van der Waals surface area contributed by atoms with Crippen LogP contribution >= 0.6 is 0 Å². The van der Waals surface area contributed by atoms with Gasteiger partial charge in [0.1, 0.15) is 0 Å². The fourth-order valence-corrected chi connectivity index (χ4v) is 3.35. The van der Waals surface area contributed by atoms with Crippen molar-refractivity contribution in [2.24, 2.45) is 5.41 Å². The fourth-order valence-electron chi connectivity index (χ4n) is 1.80. The average Bonchev–Trinajstić information content (AvgIpc) is 3.09. The average molecular weight is 264 g/mol. The molecule has 1 unspecified atom stereocenters. The van der Waals surface area contributed by atoms with E-state index < -0.39 is 15.7 Å². The summed E-state index contributed by atoms with van der Waals surface area (Å²) in [5, 5.41) is 19.2. The molecular formula is C12H12N2O3S. The Balaban J connectivity index is 2.06. The highest BCUT2D eigenvalue weighted by molar-refractivity contribution is 7.85. The third-order valence-corrected chi connectivity index (χ3v) is 4.83. The number of nitro groups is 1. The van der Waals surface area contributed by atoms with Crippen molar-refractivity contribution >= 4 is 16.5 Å². The summed E-state index contributed by atoms with van der Waals surface area (Å²) in [5.74, 6) is 0.471. The van der Waals surface area contributed by atoms with Crippen molar-refractivity contribution in [3.05, 3.63) is 34.4 Å². The van der Waals surface area contributed by atoms with E-state index in [1.165, 1.54) is 24.3 Å². The maximum atomic E-state index is 12.1. The lowest BCUT2D eigenvalue weighted by atomic mass is 10.1. The van der Waals surface area contributed by atoms with Gasteiger partial charge in [0.25, 0.3) is 5.69 Å². The van der Waals surface area contributed by atoms with Crippen LogP contribution in [-0.4, -0.2) is 14.9 Å². The van der Waals surface area contributed by atoms with Crippen molar-refractivity contribution < 1.29 is 9.13 Å². The lowest BCUT2D eigenvalue weighted by Crippen LogP contribution is -2.11. The lowest BCUT2D eigenvalue weighted by Gasteiger charge is -2.09. The first kappa shape index (κ1) is 12.7. The second-order valence-corrected chi connectivity index (χ2v) is 6.03. The molecule has 1 saturated carbocycles. The Bertz CT molecular complexity index is 529. The monoisotopic (exact) mass is 264 g/mol. The summed E-state index contributed by atoms with van der Waals surface area (Å²) in [4.78, 5) is 10.6. The summed E-state index contributed by atoms with van der Waals surface area (Å²) in [6.45, 7) is 0. The van der Waals surface area contributed by atoms with Crippen molar-refractivity contribution in [2.75, 3.05) is 5.75 Å². The molecule has 5 nitrogen and oxygen atoms in total. The molecule has 1 aliphatic carbocycles. The molecule has 0 radical (unpaired) electrons. The maximum absolute atomic E-state index is 12.1. The highest BCUT2D eigenvalue weighted by Crippen LogP contribution is 2.49. The van der Waals surface area contributed by atoms with Crippen molar-refractivity contribution in [1.82, 2.24) is 0 Å². The molecule has 0 N–H and O–H groups in total. The van der Waals surface area contributed by atoms with Gasteiger partial charge in [-0.05, 0) is 30.4 Å². The molecule has 0 aliphatic heterocycles. The van der Waals surface area contributed by atoms with Crippen LogP contribution in [0.15, 0.2) is 29.2 Å². The SMILES string of the molecule is N#CCC1(CS(=O)c2ccc([N+](=O)[O-])cc2)CC1. The van der Waals surface area contributed by atoms with Crippen molar-refractivity contribution in [3.63, 3.8) is 0 Å². The number of nitro benzene ring substituents is 1. The molecule has 0 saturated heterocycles. The van der Waals surface area contributed by atoms with Crippen molar-refractivity contribution in [2.45, 2.75) is 24.2 Å². The summed E-state index contributed by atoms with van der Waals surface area (Å²) < 4.78 is 12.1. The largest absolute Gasteiger partial charge is 0.269 e. The number of hydrogen-bond acceptors (Lipinski definition) is 4. The molecule has 94 valence electrons. The van der Waals surface area contributed by atoms with E-state index in [0.717, 1.165) is 12.8 Å². The zero-order valence-electron chi connectivity index (χ0n) is 9.67. The van der Waals surface area contributed by atoms with Gasteiger partial charge in [-0.15, -0.1) is 0 Å². The molecule has 18 heavy (non-hydrogen) atoms. The molecule has 0 amide bonds. The highest BCUT2D eigenvalue weighted by Gasteiger charge is 2.43. The maximum Gasteiger partial charge on any atom is 0.269 e. The Morgan fingerprint density at radius 1 is 1.39 bits per heavy atom. The molecule has 2 rings (SSSR count). The first-order valence-electron chi connectivity index (χ1n) is 5.56. The molecule has 0 bridgehead atoms. The molecule has 1 aromatic carbocycles. The number of non-ortho nitro benzene ring substituents is 1. The van der Waals surface area contributed by atoms with Gasteiger partial charge in [0, 0.05) is 29.2 Å². The van der Waals surface area contributed by atoms with Gasteiger partial charge < -0.3 is 0 Å². The minimum Gasteiger partial charge on any atom is -0.258 e. The number of benzene rings is 1. The van der Waals surface area contributed by atoms with Gasteiger partial charge in [-0.3, -0.25) is 14.3 Å². The van der Waals surface area contributed by atoms with Crippen LogP contribution in [0.3, 0.4) is 0 Å². The molecule has 1 fully saturated rings. The predicted octanol–water partition coefficient (Wildman–Crippen LogP) is 2.40. The van der Waals surface area contributed by atoms with Gasteiger partial charge in [-0.25, -0.2) is 0 Å². The van der Waals surface area contributed by atoms with Gasteiger partial charge in [0.2, 0.25) is 0 Å². The Morgan fingerprint density at radius 2 is 2.00 bits per heavy atom. The first-order valence-corrected chi connectivity index (χ1v) is 6.88. The third kappa shape index (κ3) is 2.74. The van der Waals surface area contributed by atoms with Crippen LogP contribution < -0.4 is 0 Å². The standard InChI is InChI=1S/C12H12N2O3S/c13-8-7-12(5-6-12)9-18(17)11-3-1-10(2-4-11)14(15)16/h1-4H,5-7,9H2. The van der Waals surface area contributed by atoms with E-state index in [0.29, 0.717) is 17.1 Å². The minimum absolute atomic E-state index is 0.00564. The second kappa shape index (κ2) is 4.86. The molecule has 1 atom stereocenters. The van der Waals surface area contributed by atoms with Crippen molar-refractivity contribution in [1.29, 1.82) is 5.26 Å². The zero-order chi connectivity index (χ0) is 13.2. The van der Waals surface area contributed by atoms with Crippen LogP contribution in [0.25, 0.3) is 0 Å². The van der Waals surface area contributed by atoms with E-state index in [2.05, 4.69) is 6.07 Å². The van der Waals surface area contributed by atoms with E-state index in [9.17, 15) is 14.3 Å². The number of nitrogens with zero attached hydrogens (tertiary/aromatic N) is 2. The fraction of sp³-hybridized carbons (Fsp3) is 0.417. The Labute approximate surface area is 107 Å². The molecule has 1 aliphatic rings. The van der Waals surface area contributed by atoms with Crippen LogP contribution in [0, 0.1) is 26.9 Å². The van der Waals surface area contributed by atoms with Gasteiger partial charge >= 0.3 is 0 Å². The van der Waals surface area contributed by atoms with Crippen LogP contribution in [0.4, 0.5) is 5.69 Å². The summed E-state index contributed by atoms with van der Waals surface area (Å²) in [6, 6.07) is 7.89. The van der Waals surface area contributed by atoms with Gasteiger partial charge in [-0.1, -0.05) is 0 Å². The topological polar surface area (TPSA) is 84.0 Å². The number of rotatable bonds is 5. The summed E-state index contributed by atoms with van der Waals surface area (Å²) in [5.41, 5.74) is -0.0876. The highest BCUT2D eigenvalue weighted by atomic mass is 32.2. The second-order valence-electron chi connectivity index (χ2n) is 4.58. The van der Waals surface area contributed by atoms with E-state index in [1.807, 2.05) is 0 Å². The number of nitriles is 1. The summed E-state index contributed by atoms with van der Waals surface area (Å²) in [6.07, 6.45) is 2.32. The van der Waals surface area contributed by atoms with Crippen LogP contribution in [-0.2, 0) is 10.8 Å². The van der Waals surface area contributed by atoms with E-state index in [1.54, 1.807) is 0 Å². The van der Waals surface area contributed by atoms with E-state index in [4.69, 9.17) is 5.26 Å². The predicted molar refractivity (Wildman–Crippen MR) is 66.3 cm³/mol. The van der Waals surface area contributed by atoms with Crippen LogP contribution in [0.1, 0.15) is 19.3 Å². The molecule has 0 spiro atoms.